The zero-order chi connectivity index (χ0) is 19.1. The van der Waals surface area contributed by atoms with Crippen LogP contribution >= 0.6 is 12.4 Å². The molecule has 0 aliphatic heterocycles. The van der Waals surface area contributed by atoms with Gasteiger partial charge in [-0.15, -0.1) is 12.4 Å². The number of pyridine rings is 1. The third kappa shape index (κ3) is 5.45. The maximum absolute atomic E-state index is 4.60. The lowest BCUT2D eigenvalue weighted by molar-refractivity contribution is 0.251. The van der Waals surface area contributed by atoms with Gasteiger partial charge in [0.2, 0.25) is 5.78 Å². The highest BCUT2D eigenvalue weighted by atomic mass is 35.5. The van der Waals surface area contributed by atoms with E-state index in [1.807, 2.05) is 33.8 Å². The quantitative estimate of drug-likeness (QED) is 0.591. The highest BCUT2D eigenvalue weighted by molar-refractivity contribution is 5.85. The van der Waals surface area contributed by atoms with Crippen LogP contribution in [-0.4, -0.2) is 37.3 Å². The smallest absolute Gasteiger partial charge is 0.214 e. The molecule has 0 saturated heterocycles. The van der Waals surface area contributed by atoms with Crippen LogP contribution in [0, 0.1) is 12.8 Å². The van der Waals surface area contributed by atoms with Gasteiger partial charge in [0, 0.05) is 25.0 Å². The number of hydrogen-bond acceptors (Lipinski definition) is 3. The fourth-order valence-electron chi connectivity index (χ4n) is 3.30. The second kappa shape index (κ2) is 11.3. The summed E-state index contributed by atoms with van der Waals surface area (Å²) >= 11 is 0. The Labute approximate surface area is 170 Å². The maximum Gasteiger partial charge on any atom is 0.214 e. The number of nitrogens with zero attached hydrogens (tertiary/aromatic N) is 4. The molecule has 0 aromatic carbocycles. The van der Waals surface area contributed by atoms with E-state index in [4.69, 9.17) is 0 Å². The van der Waals surface area contributed by atoms with Crippen molar-refractivity contribution >= 4 is 29.3 Å². The number of hydrogen-bond donors (Lipinski definition) is 1. The van der Waals surface area contributed by atoms with Crippen LogP contribution in [0.3, 0.4) is 0 Å². The Bertz CT molecular complexity index is 803. The van der Waals surface area contributed by atoms with Crippen LogP contribution < -0.4 is 0 Å². The monoisotopic (exact) mass is 393 g/mol. The van der Waals surface area contributed by atoms with Crippen LogP contribution in [-0.2, 0) is 6.54 Å². The molecule has 0 radical (unpaired) electrons. The minimum atomic E-state index is 0. The first kappa shape index (κ1) is 23.4. The lowest BCUT2D eigenvalue weighted by Crippen LogP contribution is -2.27. The standard InChI is InChI=1S/C17H23N5.2C2H6.ClH/c1-3-9-21(10-13-6-7-13)11-15-12(2)19-17-20-16-14(22(15)17)5-4-8-18-16;2*1-2;/h4-5,8,13H,3,6-7,9-11H2,1-2H3,(H,18,19,20);2*1-2H3;1H. The molecule has 5 nitrogen and oxygen atoms in total. The second-order valence-electron chi connectivity index (χ2n) is 6.49. The van der Waals surface area contributed by atoms with Gasteiger partial charge in [-0.25, -0.2) is 4.98 Å². The SMILES string of the molecule is CC.CC.CCCN(Cc1c(C)[nH]c2nc3ncccc3n12)CC1CC1.Cl. The Hall–Kier alpha value is -1.59. The van der Waals surface area contributed by atoms with Crippen molar-refractivity contribution in [2.24, 2.45) is 5.92 Å². The third-order valence-corrected chi connectivity index (χ3v) is 4.56. The first-order valence-corrected chi connectivity index (χ1v) is 10.3. The summed E-state index contributed by atoms with van der Waals surface area (Å²) in [5.74, 6) is 1.83. The molecule has 27 heavy (non-hydrogen) atoms. The second-order valence-corrected chi connectivity index (χ2v) is 6.49. The van der Waals surface area contributed by atoms with E-state index < -0.39 is 0 Å². The number of aromatic amines is 1. The number of aromatic nitrogens is 4. The van der Waals surface area contributed by atoms with E-state index >= 15 is 0 Å². The van der Waals surface area contributed by atoms with Crippen molar-refractivity contribution in [3.05, 3.63) is 29.7 Å². The van der Waals surface area contributed by atoms with Gasteiger partial charge in [0.1, 0.15) is 0 Å². The van der Waals surface area contributed by atoms with Gasteiger partial charge in [-0.3, -0.25) is 9.30 Å². The molecule has 1 saturated carbocycles. The molecule has 6 heteroatoms. The van der Waals surface area contributed by atoms with Gasteiger partial charge >= 0.3 is 0 Å². The molecule has 0 spiro atoms. The lowest BCUT2D eigenvalue weighted by atomic mass is 10.2. The van der Waals surface area contributed by atoms with Gasteiger partial charge in [-0.2, -0.15) is 4.98 Å². The van der Waals surface area contributed by atoms with Crippen molar-refractivity contribution in [3.8, 4) is 0 Å². The summed E-state index contributed by atoms with van der Waals surface area (Å²) < 4.78 is 2.24. The average Bonchev–Trinajstić information content (AvgIpc) is 3.34. The fraction of sp³-hybridized carbons (Fsp3) is 0.619. The van der Waals surface area contributed by atoms with E-state index in [2.05, 4.69) is 44.2 Å². The molecule has 3 aromatic rings. The first-order chi connectivity index (χ1) is 12.8. The highest BCUT2D eigenvalue weighted by Gasteiger charge is 2.25. The van der Waals surface area contributed by atoms with E-state index in [1.165, 1.54) is 37.2 Å². The molecule has 1 fully saturated rings. The molecule has 0 bridgehead atoms. The predicted molar refractivity (Wildman–Crippen MR) is 118 cm³/mol. The van der Waals surface area contributed by atoms with E-state index in [0.29, 0.717) is 0 Å². The molecule has 0 amide bonds. The molecule has 3 aromatic heterocycles. The highest BCUT2D eigenvalue weighted by Crippen LogP contribution is 2.30. The minimum Gasteiger partial charge on any atom is -0.327 e. The molecule has 0 atom stereocenters. The minimum absolute atomic E-state index is 0. The van der Waals surface area contributed by atoms with Crippen molar-refractivity contribution in [1.82, 2.24) is 24.3 Å². The number of imidazole rings is 2. The number of aryl methyl sites for hydroxylation is 1. The van der Waals surface area contributed by atoms with E-state index in [-0.39, 0.29) is 12.4 Å². The molecule has 1 aliphatic carbocycles. The Kier molecular flexibility index (Phi) is 9.81. The summed E-state index contributed by atoms with van der Waals surface area (Å²) in [7, 11) is 0. The zero-order valence-corrected chi connectivity index (χ0v) is 18.6. The molecular weight excluding hydrogens is 358 g/mol. The van der Waals surface area contributed by atoms with E-state index in [1.54, 1.807) is 6.20 Å². The van der Waals surface area contributed by atoms with E-state index in [0.717, 1.165) is 35.9 Å². The number of H-pyrrole nitrogens is 1. The normalized spacial score (nSPS) is 13.0. The van der Waals surface area contributed by atoms with Gasteiger partial charge in [0.15, 0.2) is 5.65 Å². The van der Waals surface area contributed by atoms with Gasteiger partial charge in [0.25, 0.3) is 0 Å². The van der Waals surface area contributed by atoms with Crippen molar-refractivity contribution in [3.63, 3.8) is 0 Å². The Morgan fingerprint density at radius 2 is 1.93 bits per heavy atom. The predicted octanol–water partition coefficient (Wildman–Crippen LogP) is 5.62. The van der Waals surface area contributed by atoms with E-state index in [9.17, 15) is 0 Å². The summed E-state index contributed by atoms with van der Waals surface area (Å²) in [5.41, 5.74) is 4.45. The summed E-state index contributed by atoms with van der Waals surface area (Å²) in [5, 5.41) is 0. The van der Waals surface area contributed by atoms with Crippen LogP contribution in [0.2, 0.25) is 0 Å². The summed E-state index contributed by atoms with van der Waals surface area (Å²) in [4.78, 5) is 15.0. The molecule has 0 unspecified atom stereocenters. The van der Waals surface area contributed by atoms with Gasteiger partial charge in [-0.1, -0.05) is 34.6 Å². The maximum atomic E-state index is 4.60. The molecule has 1 N–H and O–H groups in total. The number of fused-ring (bicyclic) bond motifs is 3. The van der Waals surface area contributed by atoms with Crippen molar-refractivity contribution < 1.29 is 0 Å². The molecule has 1 aliphatic rings. The van der Waals surface area contributed by atoms with Crippen LogP contribution in [0.1, 0.15) is 65.3 Å². The Balaban J connectivity index is 0.000000686. The summed E-state index contributed by atoms with van der Waals surface area (Å²) in [6, 6.07) is 4.08. The van der Waals surface area contributed by atoms with Crippen molar-refractivity contribution in [2.45, 2.75) is 67.3 Å². The topological polar surface area (TPSA) is 49.2 Å². The third-order valence-electron chi connectivity index (χ3n) is 4.56. The van der Waals surface area contributed by atoms with Crippen LogP contribution in [0.4, 0.5) is 0 Å². The average molecular weight is 394 g/mol. The number of rotatable bonds is 6. The van der Waals surface area contributed by atoms with Gasteiger partial charge in [0.05, 0.1) is 11.2 Å². The number of halogens is 1. The van der Waals surface area contributed by atoms with Gasteiger partial charge in [-0.05, 0) is 50.8 Å². The zero-order valence-electron chi connectivity index (χ0n) is 17.7. The molecular formula is C21H36ClN5. The lowest BCUT2D eigenvalue weighted by Gasteiger charge is -2.21. The number of nitrogens with one attached hydrogen (secondary N) is 1. The van der Waals surface area contributed by atoms with Crippen molar-refractivity contribution in [1.29, 1.82) is 0 Å². The van der Waals surface area contributed by atoms with Crippen LogP contribution in [0.5, 0.6) is 0 Å². The fourth-order valence-corrected chi connectivity index (χ4v) is 3.30. The molecule has 3 heterocycles. The summed E-state index contributed by atoms with van der Waals surface area (Å²) in [6.45, 7) is 15.8. The van der Waals surface area contributed by atoms with Crippen LogP contribution in [0.25, 0.3) is 16.9 Å². The van der Waals surface area contributed by atoms with Crippen LogP contribution in [0.15, 0.2) is 18.3 Å². The Morgan fingerprint density at radius 1 is 1.22 bits per heavy atom. The first-order valence-electron chi connectivity index (χ1n) is 10.3. The Morgan fingerprint density at radius 3 is 2.56 bits per heavy atom. The molecule has 152 valence electrons. The van der Waals surface area contributed by atoms with Gasteiger partial charge < -0.3 is 4.98 Å². The summed E-state index contributed by atoms with van der Waals surface area (Å²) in [6.07, 6.45) is 5.81. The van der Waals surface area contributed by atoms with Crippen molar-refractivity contribution in [2.75, 3.05) is 13.1 Å². The molecule has 4 rings (SSSR count). The largest absolute Gasteiger partial charge is 0.327 e.